The lowest BCUT2D eigenvalue weighted by Gasteiger charge is -2.17. The summed E-state index contributed by atoms with van der Waals surface area (Å²) in [4.78, 5) is 13.3. The Labute approximate surface area is 147 Å². The van der Waals surface area contributed by atoms with E-state index in [2.05, 4.69) is 4.90 Å². The number of carboxylic acids is 1. The third-order valence-electron chi connectivity index (χ3n) is 4.49. The van der Waals surface area contributed by atoms with Crippen LogP contribution in [-0.2, 0) is 17.9 Å². The molecule has 1 N–H and O–H groups in total. The molecule has 0 spiro atoms. The summed E-state index contributed by atoms with van der Waals surface area (Å²) in [5.74, 6) is 0.443. The summed E-state index contributed by atoms with van der Waals surface area (Å²) in [5.41, 5.74) is 2.19. The molecular formula is C20H23NO4. The number of carboxylic acid groups (broad SMARTS) is 1. The fourth-order valence-corrected chi connectivity index (χ4v) is 3.10. The maximum Gasteiger partial charge on any atom is 0.307 e. The molecule has 1 aliphatic rings. The van der Waals surface area contributed by atoms with Gasteiger partial charge >= 0.3 is 5.97 Å². The second-order valence-electron chi connectivity index (χ2n) is 6.32. The standard InChI is InChI=1S/C20H23NO4/c1-24-18-8-7-16(12-21-10-9-17(13-21)20(22)23)11-19(18)25-14-15-5-3-2-4-6-15/h2-8,11,17H,9-10,12-14H2,1H3,(H,22,23). The first kappa shape index (κ1) is 17.3. The van der Waals surface area contributed by atoms with E-state index in [1.807, 2.05) is 48.5 Å². The molecule has 0 bridgehead atoms. The number of carbonyl (C=O) groups is 1. The van der Waals surface area contributed by atoms with Crippen molar-refractivity contribution in [2.24, 2.45) is 5.92 Å². The van der Waals surface area contributed by atoms with Crippen LogP contribution in [0.2, 0.25) is 0 Å². The van der Waals surface area contributed by atoms with Crippen molar-refractivity contribution in [1.82, 2.24) is 4.90 Å². The Morgan fingerprint density at radius 2 is 1.96 bits per heavy atom. The molecule has 0 aliphatic carbocycles. The van der Waals surface area contributed by atoms with E-state index in [1.54, 1.807) is 7.11 Å². The normalized spacial score (nSPS) is 17.4. The monoisotopic (exact) mass is 341 g/mol. The summed E-state index contributed by atoms with van der Waals surface area (Å²) in [7, 11) is 1.63. The lowest BCUT2D eigenvalue weighted by atomic mass is 10.1. The van der Waals surface area contributed by atoms with Gasteiger partial charge in [-0.05, 0) is 36.2 Å². The zero-order valence-electron chi connectivity index (χ0n) is 14.4. The van der Waals surface area contributed by atoms with E-state index in [0.717, 1.165) is 24.2 Å². The fourth-order valence-electron chi connectivity index (χ4n) is 3.10. The molecule has 5 heteroatoms. The van der Waals surface area contributed by atoms with Crippen molar-refractivity contribution in [3.8, 4) is 11.5 Å². The van der Waals surface area contributed by atoms with Gasteiger partial charge in [-0.15, -0.1) is 0 Å². The van der Waals surface area contributed by atoms with Gasteiger partial charge < -0.3 is 14.6 Å². The zero-order chi connectivity index (χ0) is 17.6. The molecule has 5 nitrogen and oxygen atoms in total. The second-order valence-corrected chi connectivity index (χ2v) is 6.32. The van der Waals surface area contributed by atoms with Gasteiger partial charge in [-0.2, -0.15) is 0 Å². The highest BCUT2D eigenvalue weighted by Gasteiger charge is 2.27. The fraction of sp³-hybridized carbons (Fsp3) is 0.350. The first-order valence-electron chi connectivity index (χ1n) is 8.44. The third-order valence-corrected chi connectivity index (χ3v) is 4.49. The Hall–Kier alpha value is -2.53. The van der Waals surface area contributed by atoms with E-state index in [0.29, 0.717) is 31.1 Å². The van der Waals surface area contributed by atoms with Crippen LogP contribution >= 0.6 is 0 Å². The molecule has 3 rings (SSSR count). The maximum atomic E-state index is 11.1. The molecule has 0 amide bonds. The van der Waals surface area contributed by atoms with Crippen molar-refractivity contribution in [3.05, 3.63) is 59.7 Å². The van der Waals surface area contributed by atoms with E-state index in [4.69, 9.17) is 14.6 Å². The Morgan fingerprint density at radius 3 is 2.64 bits per heavy atom. The molecule has 1 fully saturated rings. The smallest absolute Gasteiger partial charge is 0.307 e. The Bertz CT molecular complexity index is 717. The van der Waals surface area contributed by atoms with E-state index < -0.39 is 5.97 Å². The molecule has 2 aromatic carbocycles. The van der Waals surface area contributed by atoms with Crippen LogP contribution in [0.1, 0.15) is 17.5 Å². The summed E-state index contributed by atoms with van der Waals surface area (Å²) >= 11 is 0. The molecule has 132 valence electrons. The van der Waals surface area contributed by atoms with Crippen LogP contribution in [0.3, 0.4) is 0 Å². The molecule has 1 atom stereocenters. The third kappa shape index (κ3) is 4.51. The van der Waals surface area contributed by atoms with Crippen molar-refractivity contribution < 1.29 is 19.4 Å². The van der Waals surface area contributed by atoms with Gasteiger partial charge in [0.05, 0.1) is 13.0 Å². The summed E-state index contributed by atoms with van der Waals surface area (Å²) < 4.78 is 11.3. The molecule has 1 aliphatic heterocycles. The van der Waals surface area contributed by atoms with Crippen molar-refractivity contribution in [2.45, 2.75) is 19.6 Å². The molecule has 0 radical (unpaired) electrons. The van der Waals surface area contributed by atoms with Gasteiger partial charge in [0, 0.05) is 13.1 Å². The van der Waals surface area contributed by atoms with Gasteiger partial charge in [-0.1, -0.05) is 36.4 Å². The predicted octanol–water partition coefficient (Wildman–Crippen LogP) is 3.18. The Kier molecular flexibility index (Phi) is 5.56. The summed E-state index contributed by atoms with van der Waals surface area (Å²) in [6.45, 7) is 2.60. The number of aliphatic carboxylic acids is 1. The van der Waals surface area contributed by atoms with Gasteiger partial charge in [-0.25, -0.2) is 0 Å². The molecule has 0 aromatic heterocycles. The molecule has 0 saturated carbocycles. The van der Waals surface area contributed by atoms with Crippen molar-refractivity contribution in [3.63, 3.8) is 0 Å². The number of benzene rings is 2. The number of hydrogen-bond acceptors (Lipinski definition) is 4. The number of methoxy groups -OCH3 is 1. The highest BCUT2D eigenvalue weighted by atomic mass is 16.5. The molecule has 1 saturated heterocycles. The number of hydrogen-bond donors (Lipinski definition) is 1. The van der Waals surface area contributed by atoms with Crippen LogP contribution < -0.4 is 9.47 Å². The molecular weight excluding hydrogens is 318 g/mol. The first-order valence-corrected chi connectivity index (χ1v) is 8.44. The molecule has 2 aromatic rings. The van der Waals surface area contributed by atoms with Gasteiger partial charge in [0.1, 0.15) is 6.61 Å². The van der Waals surface area contributed by atoms with Gasteiger partial charge in [0.2, 0.25) is 0 Å². The van der Waals surface area contributed by atoms with Gasteiger partial charge in [0.15, 0.2) is 11.5 Å². The predicted molar refractivity (Wildman–Crippen MR) is 94.8 cm³/mol. The maximum absolute atomic E-state index is 11.1. The number of likely N-dealkylation sites (tertiary alicyclic amines) is 1. The minimum atomic E-state index is -0.705. The summed E-state index contributed by atoms with van der Waals surface area (Å²) in [6.07, 6.45) is 0.711. The number of rotatable bonds is 7. The highest BCUT2D eigenvalue weighted by Crippen LogP contribution is 2.30. The largest absolute Gasteiger partial charge is 0.493 e. The lowest BCUT2D eigenvalue weighted by molar-refractivity contribution is -0.141. The lowest BCUT2D eigenvalue weighted by Crippen LogP contribution is -2.22. The van der Waals surface area contributed by atoms with Gasteiger partial charge in [0.25, 0.3) is 0 Å². The van der Waals surface area contributed by atoms with Crippen LogP contribution in [-0.4, -0.2) is 36.2 Å². The Balaban J connectivity index is 1.66. The Morgan fingerprint density at radius 1 is 1.16 bits per heavy atom. The zero-order valence-corrected chi connectivity index (χ0v) is 14.4. The molecule has 25 heavy (non-hydrogen) atoms. The van der Waals surface area contributed by atoms with E-state index in [9.17, 15) is 4.79 Å². The average Bonchev–Trinajstić information content (AvgIpc) is 3.10. The highest BCUT2D eigenvalue weighted by molar-refractivity contribution is 5.70. The van der Waals surface area contributed by atoms with Crippen LogP contribution in [0.15, 0.2) is 48.5 Å². The summed E-state index contributed by atoms with van der Waals surface area (Å²) in [6, 6.07) is 15.9. The van der Waals surface area contributed by atoms with Crippen LogP contribution in [0, 0.1) is 5.92 Å². The van der Waals surface area contributed by atoms with Crippen LogP contribution in [0.25, 0.3) is 0 Å². The SMILES string of the molecule is COc1ccc(CN2CCC(C(=O)O)C2)cc1OCc1ccccc1. The van der Waals surface area contributed by atoms with E-state index >= 15 is 0 Å². The molecule has 1 heterocycles. The topological polar surface area (TPSA) is 59.0 Å². The van der Waals surface area contributed by atoms with Crippen molar-refractivity contribution in [2.75, 3.05) is 20.2 Å². The van der Waals surface area contributed by atoms with Crippen molar-refractivity contribution >= 4 is 5.97 Å². The first-order chi connectivity index (χ1) is 12.2. The quantitative estimate of drug-likeness (QED) is 0.838. The summed E-state index contributed by atoms with van der Waals surface area (Å²) in [5, 5.41) is 9.12. The number of ether oxygens (including phenoxy) is 2. The van der Waals surface area contributed by atoms with Crippen LogP contribution in [0.4, 0.5) is 0 Å². The minimum absolute atomic E-state index is 0.257. The number of nitrogens with zero attached hydrogens (tertiary/aromatic N) is 1. The average molecular weight is 341 g/mol. The van der Waals surface area contributed by atoms with Gasteiger partial charge in [-0.3, -0.25) is 9.69 Å². The molecule has 1 unspecified atom stereocenters. The van der Waals surface area contributed by atoms with E-state index in [-0.39, 0.29) is 5.92 Å². The minimum Gasteiger partial charge on any atom is -0.493 e. The van der Waals surface area contributed by atoms with E-state index in [1.165, 1.54) is 0 Å². The van der Waals surface area contributed by atoms with Crippen LogP contribution in [0.5, 0.6) is 11.5 Å². The second kappa shape index (κ2) is 8.03. The van der Waals surface area contributed by atoms with Crippen molar-refractivity contribution in [1.29, 1.82) is 0 Å².